The predicted molar refractivity (Wildman–Crippen MR) is 102 cm³/mol. The van der Waals surface area contributed by atoms with E-state index in [0.717, 1.165) is 25.3 Å². The van der Waals surface area contributed by atoms with Crippen molar-refractivity contribution in [2.45, 2.75) is 19.6 Å². The Hall–Kier alpha value is -3.18. The monoisotopic (exact) mass is 343 g/mol. The van der Waals surface area contributed by atoms with E-state index in [-0.39, 0.29) is 0 Å². The van der Waals surface area contributed by atoms with Crippen LogP contribution in [0.4, 0.5) is 0 Å². The highest BCUT2D eigenvalue weighted by Gasteiger charge is 2.01. The van der Waals surface area contributed by atoms with Gasteiger partial charge in [-0.2, -0.15) is 10.2 Å². The quantitative estimate of drug-likeness (QED) is 0.559. The first-order valence-electron chi connectivity index (χ1n) is 8.72. The Morgan fingerprint density at radius 1 is 0.769 bits per heavy atom. The molecule has 2 aromatic carbocycles. The zero-order valence-corrected chi connectivity index (χ0v) is 14.5. The van der Waals surface area contributed by atoms with Gasteiger partial charge in [0.25, 0.3) is 0 Å². The molecule has 0 radical (unpaired) electrons. The average Bonchev–Trinajstić information content (AvgIpc) is 3.36. The maximum Gasteiger partial charge on any atom is 0.0659 e. The van der Waals surface area contributed by atoms with Gasteiger partial charge in [0.05, 0.1) is 18.4 Å². The number of hydrogen-bond donors (Lipinski definition) is 1. The Morgan fingerprint density at radius 2 is 1.54 bits per heavy atom. The summed E-state index contributed by atoms with van der Waals surface area (Å²) in [5, 5.41) is 12.1. The summed E-state index contributed by atoms with van der Waals surface area (Å²) in [6.07, 6.45) is 7.76. The van der Waals surface area contributed by atoms with Crippen LogP contribution < -0.4 is 5.32 Å². The lowest BCUT2D eigenvalue weighted by molar-refractivity contribution is 0.681. The van der Waals surface area contributed by atoms with Crippen LogP contribution in [0.5, 0.6) is 0 Å². The third-order valence-corrected chi connectivity index (χ3v) is 4.24. The summed E-state index contributed by atoms with van der Waals surface area (Å²) in [5.41, 5.74) is 4.77. The Kier molecular flexibility index (Phi) is 4.89. The molecular formula is C21H21N5. The van der Waals surface area contributed by atoms with Gasteiger partial charge in [-0.3, -0.25) is 4.68 Å². The first-order valence-corrected chi connectivity index (χ1v) is 8.72. The number of aromatic nitrogens is 4. The molecule has 5 heteroatoms. The fraction of sp³-hybridized carbons (Fsp3) is 0.143. The molecule has 0 bridgehead atoms. The van der Waals surface area contributed by atoms with Crippen LogP contribution in [0.15, 0.2) is 85.5 Å². The zero-order chi connectivity index (χ0) is 17.6. The molecule has 5 nitrogen and oxygen atoms in total. The molecule has 4 aromatic rings. The van der Waals surface area contributed by atoms with Crippen LogP contribution >= 0.6 is 0 Å². The molecule has 0 amide bonds. The summed E-state index contributed by atoms with van der Waals surface area (Å²) in [6.45, 7) is 2.43. The summed E-state index contributed by atoms with van der Waals surface area (Å²) in [7, 11) is 0. The highest BCUT2D eigenvalue weighted by Crippen LogP contribution is 2.09. The Bertz CT molecular complexity index is 924. The summed E-state index contributed by atoms with van der Waals surface area (Å²) < 4.78 is 3.83. The topological polar surface area (TPSA) is 47.7 Å². The van der Waals surface area contributed by atoms with E-state index in [1.54, 1.807) is 6.20 Å². The number of para-hydroxylation sites is 1. The Balaban J connectivity index is 1.29. The van der Waals surface area contributed by atoms with Gasteiger partial charge in [-0.05, 0) is 29.3 Å². The minimum Gasteiger partial charge on any atom is -0.309 e. The largest absolute Gasteiger partial charge is 0.309 e. The maximum absolute atomic E-state index is 4.43. The number of benzene rings is 2. The predicted octanol–water partition coefficient (Wildman–Crippen LogP) is 3.41. The van der Waals surface area contributed by atoms with Gasteiger partial charge in [0.2, 0.25) is 0 Å². The first-order chi connectivity index (χ1) is 12.9. The van der Waals surface area contributed by atoms with Crippen molar-refractivity contribution in [2.24, 2.45) is 0 Å². The van der Waals surface area contributed by atoms with Crippen LogP contribution in [0.3, 0.4) is 0 Å². The SMILES string of the molecule is c1ccc(-n2cc(CNCc3ccc(Cn4cccn4)cc3)cn2)cc1. The van der Waals surface area contributed by atoms with Gasteiger partial charge in [0.1, 0.15) is 0 Å². The van der Waals surface area contributed by atoms with Crippen molar-refractivity contribution in [1.29, 1.82) is 0 Å². The number of nitrogens with one attached hydrogen (secondary N) is 1. The molecule has 0 atom stereocenters. The zero-order valence-electron chi connectivity index (χ0n) is 14.5. The number of nitrogens with zero attached hydrogens (tertiary/aromatic N) is 4. The van der Waals surface area contributed by atoms with Crippen LogP contribution in [0.25, 0.3) is 5.69 Å². The second kappa shape index (κ2) is 7.80. The van der Waals surface area contributed by atoms with Crippen molar-refractivity contribution in [2.75, 3.05) is 0 Å². The van der Waals surface area contributed by atoms with E-state index in [1.807, 2.05) is 46.0 Å². The molecule has 0 spiro atoms. The van der Waals surface area contributed by atoms with Gasteiger partial charge in [-0.1, -0.05) is 42.5 Å². The smallest absolute Gasteiger partial charge is 0.0659 e. The van der Waals surface area contributed by atoms with Crippen molar-refractivity contribution in [3.8, 4) is 5.69 Å². The molecule has 0 aliphatic heterocycles. The second-order valence-corrected chi connectivity index (χ2v) is 6.25. The van der Waals surface area contributed by atoms with Crippen LogP contribution in [-0.2, 0) is 19.6 Å². The Morgan fingerprint density at radius 3 is 2.31 bits per heavy atom. The molecule has 130 valence electrons. The van der Waals surface area contributed by atoms with Crippen LogP contribution in [0.2, 0.25) is 0 Å². The van der Waals surface area contributed by atoms with Crippen molar-refractivity contribution in [1.82, 2.24) is 24.9 Å². The van der Waals surface area contributed by atoms with E-state index in [0.29, 0.717) is 0 Å². The molecule has 0 saturated heterocycles. The van der Waals surface area contributed by atoms with Crippen LogP contribution in [0, 0.1) is 0 Å². The molecule has 0 aliphatic rings. The first kappa shape index (κ1) is 16.3. The van der Waals surface area contributed by atoms with E-state index in [9.17, 15) is 0 Å². The number of hydrogen-bond acceptors (Lipinski definition) is 3. The molecule has 2 heterocycles. The summed E-state index contributed by atoms with van der Waals surface area (Å²) in [5.74, 6) is 0. The molecule has 2 aromatic heterocycles. The number of rotatable bonds is 7. The normalized spacial score (nSPS) is 10.9. The van der Waals surface area contributed by atoms with Crippen molar-refractivity contribution in [3.05, 3.63) is 102 Å². The second-order valence-electron chi connectivity index (χ2n) is 6.25. The lowest BCUT2D eigenvalue weighted by Gasteiger charge is -2.06. The lowest BCUT2D eigenvalue weighted by atomic mass is 10.1. The third kappa shape index (κ3) is 4.07. The fourth-order valence-electron chi connectivity index (χ4n) is 2.87. The van der Waals surface area contributed by atoms with E-state index in [4.69, 9.17) is 0 Å². The van der Waals surface area contributed by atoms with E-state index < -0.39 is 0 Å². The third-order valence-electron chi connectivity index (χ3n) is 4.24. The lowest BCUT2D eigenvalue weighted by Crippen LogP contribution is -2.12. The van der Waals surface area contributed by atoms with E-state index in [1.165, 1.54) is 16.7 Å². The Labute approximate surface area is 152 Å². The van der Waals surface area contributed by atoms with Crippen molar-refractivity contribution >= 4 is 0 Å². The molecule has 0 aliphatic carbocycles. The highest BCUT2D eigenvalue weighted by atomic mass is 15.3. The molecule has 1 N–H and O–H groups in total. The van der Waals surface area contributed by atoms with Crippen LogP contribution in [-0.4, -0.2) is 19.6 Å². The highest BCUT2D eigenvalue weighted by molar-refractivity contribution is 5.31. The minimum absolute atomic E-state index is 0.794. The standard InChI is InChI=1S/C21H21N5/c1-2-5-21(6-3-1)26-17-20(15-24-26)14-22-13-18-7-9-19(10-8-18)16-25-12-4-11-23-25/h1-12,15,17,22H,13-14,16H2. The fourth-order valence-corrected chi connectivity index (χ4v) is 2.87. The molecule has 0 fully saturated rings. The van der Waals surface area contributed by atoms with Crippen molar-refractivity contribution < 1.29 is 0 Å². The van der Waals surface area contributed by atoms with Gasteiger partial charge in [0, 0.05) is 37.2 Å². The molecule has 0 unspecified atom stereocenters. The maximum atomic E-state index is 4.43. The van der Waals surface area contributed by atoms with Crippen LogP contribution in [0.1, 0.15) is 16.7 Å². The van der Waals surface area contributed by atoms with Gasteiger partial charge in [0.15, 0.2) is 0 Å². The molecule has 4 rings (SSSR count). The van der Waals surface area contributed by atoms with Gasteiger partial charge < -0.3 is 5.32 Å². The summed E-state index contributed by atoms with van der Waals surface area (Å²) in [6, 6.07) is 20.7. The van der Waals surface area contributed by atoms with Gasteiger partial charge in [-0.15, -0.1) is 0 Å². The van der Waals surface area contributed by atoms with E-state index in [2.05, 4.69) is 58.1 Å². The van der Waals surface area contributed by atoms with Crippen molar-refractivity contribution in [3.63, 3.8) is 0 Å². The summed E-state index contributed by atoms with van der Waals surface area (Å²) >= 11 is 0. The minimum atomic E-state index is 0.794. The van der Waals surface area contributed by atoms with E-state index >= 15 is 0 Å². The average molecular weight is 343 g/mol. The van der Waals surface area contributed by atoms with Gasteiger partial charge >= 0.3 is 0 Å². The molecule has 26 heavy (non-hydrogen) atoms. The van der Waals surface area contributed by atoms with Gasteiger partial charge in [-0.25, -0.2) is 4.68 Å². The molecular weight excluding hydrogens is 322 g/mol. The molecule has 0 saturated carbocycles. The summed E-state index contributed by atoms with van der Waals surface area (Å²) in [4.78, 5) is 0.